The number of carbonyl (C=O) groups is 3. The molecule has 1 fully saturated rings. The summed E-state index contributed by atoms with van der Waals surface area (Å²) in [5.74, 6) is -1.46. The maximum atomic E-state index is 13.5. The Morgan fingerprint density at radius 1 is 1.03 bits per heavy atom. The number of allylic oxidation sites excluding steroid dienone is 2. The number of anilines is 1. The van der Waals surface area contributed by atoms with E-state index in [9.17, 15) is 14.4 Å². The first-order valence-corrected chi connectivity index (χ1v) is 11.6. The van der Waals surface area contributed by atoms with Gasteiger partial charge in [0.2, 0.25) is 17.7 Å². The zero-order valence-corrected chi connectivity index (χ0v) is 18.5. The summed E-state index contributed by atoms with van der Waals surface area (Å²) in [7, 11) is 0. The number of hydrogen-bond donors (Lipinski definition) is 0. The second-order valence-corrected chi connectivity index (χ2v) is 9.31. The molecule has 3 aromatic rings. The number of hydrogen-bond acceptors (Lipinski definition) is 5. The van der Waals surface area contributed by atoms with Crippen LogP contribution in [0.1, 0.15) is 24.0 Å². The lowest BCUT2D eigenvalue weighted by atomic mass is 9.85. The Morgan fingerprint density at radius 3 is 2.38 bits per heavy atom. The molecule has 1 saturated heterocycles. The molecule has 0 N–H and O–H groups in total. The van der Waals surface area contributed by atoms with Gasteiger partial charge in [0.15, 0.2) is 5.13 Å². The molecule has 1 aliphatic heterocycles. The number of aromatic nitrogens is 1. The van der Waals surface area contributed by atoms with Gasteiger partial charge in [0.25, 0.3) is 0 Å². The van der Waals surface area contributed by atoms with Gasteiger partial charge in [-0.15, -0.1) is 0 Å². The first-order chi connectivity index (χ1) is 15.5. The number of thiazole rings is 1. The van der Waals surface area contributed by atoms with Crippen LogP contribution in [0.5, 0.6) is 0 Å². The van der Waals surface area contributed by atoms with Gasteiger partial charge in [-0.3, -0.25) is 24.2 Å². The third-order valence-corrected chi connectivity index (χ3v) is 7.26. The largest absolute Gasteiger partial charge is 0.282 e. The molecule has 0 unspecified atom stereocenters. The van der Waals surface area contributed by atoms with E-state index in [0.717, 1.165) is 26.2 Å². The molecule has 2 heterocycles. The third kappa shape index (κ3) is 3.62. The standard InChI is InChI=1S/C25H23N3O3S/c1-16-8-7-13-20-22(16)26-25(32-20)27(14-17-9-3-2-4-10-17)21(29)15-28-23(30)18-11-5-6-12-19(18)24(28)31/h2-10,13,18-19H,11-12,14-15H2,1H3/t18-,19-/m1/s1. The molecular formula is C25H23N3O3S. The number of benzene rings is 2. The maximum absolute atomic E-state index is 13.5. The van der Waals surface area contributed by atoms with E-state index in [4.69, 9.17) is 4.98 Å². The number of carbonyl (C=O) groups excluding carboxylic acids is 3. The van der Waals surface area contributed by atoms with Gasteiger partial charge in [-0.25, -0.2) is 4.98 Å². The molecular weight excluding hydrogens is 422 g/mol. The average Bonchev–Trinajstić information content (AvgIpc) is 3.35. The smallest absolute Gasteiger partial charge is 0.249 e. The Labute approximate surface area is 190 Å². The van der Waals surface area contributed by atoms with Crippen molar-refractivity contribution >= 4 is 44.4 Å². The number of likely N-dealkylation sites (tertiary alicyclic amines) is 1. The number of aryl methyl sites for hydroxylation is 1. The zero-order valence-electron chi connectivity index (χ0n) is 17.7. The van der Waals surface area contributed by atoms with Crippen LogP contribution < -0.4 is 4.90 Å². The fourth-order valence-electron chi connectivity index (χ4n) is 4.46. The average molecular weight is 446 g/mol. The van der Waals surface area contributed by atoms with E-state index in [-0.39, 0.29) is 36.1 Å². The van der Waals surface area contributed by atoms with E-state index in [1.54, 1.807) is 4.90 Å². The molecule has 5 rings (SSSR count). The number of rotatable bonds is 5. The van der Waals surface area contributed by atoms with Crippen molar-refractivity contribution in [3.8, 4) is 0 Å². The minimum Gasteiger partial charge on any atom is -0.282 e. The first-order valence-electron chi connectivity index (χ1n) is 10.7. The number of imide groups is 1. The second kappa shape index (κ2) is 8.31. The van der Waals surface area contributed by atoms with Gasteiger partial charge in [-0.05, 0) is 37.0 Å². The molecule has 2 aromatic carbocycles. The fourth-order valence-corrected chi connectivity index (χ4v) is 5.52. The van der Waals surface area contributed by atoms with Crippen LogP contribution in [0.15, 0.2) is 60.7 Å². The molecule has 1 aromatic heterocycles. The molecule has 162 valence electrons. The number of fused-ring (bicyclic) bond motifs is 2. The monoisotopic (exact) mass is 445 g/mol. The van der Waals surface area contributed by atoms with Gasteiger partial charge in [0.1, 0.15) is 6.54 Å². The number of para-hydroxylation sites is 1. The van der Waals surface area contributed by atoms with Crippen molar-refractivity contribution in [1.82, 2.24) is 9.88 Å². The van der Waals surface area contributed by atoms with Crippen molar-refractivity contribution in [3.63, 3.8) is 0 Å². The molecule has 32 heavy (non-hydrogen) atoms. The summed E-state index contributed by atoms with van der Waals surface area (Å²) in [5.41, 5.74) is 2.86. The molecule has 6 nitrogen and oxygen atoms in total. The molecule has 7 heteroatoms. The lowest BCUT2D eigenvalue weighted by Crippen LogP contribution is -2.43. The highest BCUT2D eigenvalue weighted by atomic mass is 32.1. The van der Waals surface area contributed by atoms with Crippen LogP contribution >= 0.6 is 11.3 Å². The minimum atomic E-state index is -0.340. The van der Waals surface area contributed by atoms with Crippen molar-refractivity contribution in [2.75, 3.05) is 11.4 Å². The number of nitrogens with zero attached hydrogens (tertiary/aromatic N) is 3. The number of amides is 3. The molecule has 0 bridgehead atoms. The van der Waals surface area contributed by atoms with Gasteiger partial charge in [-0.2, -0.15) is 0 Å². The molecule has 3 amide bonds. The fraction of sp³-hybridized carbons (Fsp3) is 0.280. The highest BCUT2D eigenvalue weighted by Gasteiger charge is 2.48. The molecule has 0 saturated carbocycles. The Hall–Kier alpha value is -3.32. The van der Waals surface area contributed by atoms with Gasteiger partial charge in [0, 0.05) is 0 Å². The predicted octanol–water partition coefficient (Wildman–Crippen LogP) is 4.09. The normalized spacial score (nSPS) is 20.1. The molecule has 1 aliphatic carbocycles. The Kier molecular flexibility index (Phi) is 5.35. The topological polar surface area (TPSA) is 70.6 Å². The van der Waals surface area contributed by atoms with E-state index < -0.39 is 0 Å². The third-order valence-electron chi connectivity index (χ3n) is 6.22. The van der Waals surface area contributed by atoms with Crippen LogP contribution in [0.4, 0.5) is 5.13 Å². The van der Waals surface area contributed by atoms with Crippen LogP contribution in [0.25, 0.3) is 10.2 Å². The molecule has 2 aliphatic rings. The summed E-state index contributed by atoms with van der Waals surface area (Å²) in [6.07, 6.45) is 5.02. The highest BCUT2D eigenvalue weighted by molar-refractivity contribution is 7.22. The molecule has 2 atom stereocenters. The van der Waals surface area contributed by atoms with Crippen LogP contribution in [0.2, 0.25) is 0 Å². The summed E-state index contributed by atoms with van der Waals surface area (Å²) in [6, 6.07) is 15.6. The van der Waals surface area contributed by atoms with Crippen molar-refractivity contribution in [1.29, 1.82) is 0 Å². The van der Waals surface area contributed by atoms with Crippen LogP contribution in [-0.4, -0.2) is 34.2 Å². The Bertz CT molecular complexity index is 1210. The second-order valence-electron chi connectivity index (χ2n) is 8.30. The SMILES string of the molecule is Cc1cccc2sc(N(Cc3ccccc3)C(=O)CN3C(=O)[C@@H]4CC=CC[C@H]4C3=O)nc12. The van der Waals surface area contributed by atoms with E-state index in [2.05, 4.69) is 0 Å². The lowest BCUT2D eigenvalue weighted by molar-refractivity contribution is -0.143. The van der Waals surface area contributed by atoms with Crippen molar-refractivity contribution < 1.29 is 14.4 Å². The maximum Gasteiger partial charge on any atom is 0.249 e. The quantitative estimate of drug-likeness (QED) is 0.438. The Morgan fingerprint density at radius 2 is 1.72 bits per heavy atom. The zero-order chi connectivity index (χ0) is 22.2. The lowest BCUT2D eigenvalue weighted by Gasteiger charge is -2.23. The van der Waals surface area contributed by atoms with E-state index in [1.165, 1.54) is 11.3 Å². The van der Waals surface area contributed by atoms with Gasteiger partial charge < -0.3 is 0 Å². The van der Waals surface area contributed by atoms with Crippen molar-refractivity contribution in [2.24, 2.45) is 11.8 Å². The Balaban J connectivity index is 1.46. The predicted molar refractivity (Wildman–Crippen MR) is 124 cm³/mol. The summed E-state index contributed by atoms with van der Waals surface area (Å²) >= 11 is 1.44. The molecule has 0 spiro atoms. The summed E-state index contributed by atoms with van der Waals surface area (Å²) in [4.78, 5) is 46.7. The first kappa shape index (κ1) is 20.6. The minimum absolute atomic E-state index is 0.238. The van der Waals surface area contributed by atoms with E-state index >= 15 is 0 Å². The highest BCUT2D eigenvalue weighted by Crippen LogP contribution is 2.36. The van der Waals surface area contributed by atoms with Gasteiger partial charge in [-0.1, -0.05) is 66.0 Å². The van der Waals surface area contributed by atoms with Crippen molar-refractivity contribution in [2.45, 2.75) is 26.3 Å². The van der Waals surface area contributed by atoms with Crippen LogP contribution in [0.3, 0.4) is 0 Å². The summed E-state index contributed by atoms with van der Waals surface area (Å²) in [6.45, 7) is 2.06. The van der Waals surface area contributed by atoms with Gasteiger partial charge in [0.05, 0.1) is 28.6 Å². The van der Waals surface area contributed by atoms with Gasteiger partial charge >= 0.3 is 0 Å². The van der Waals surface area contributed by atoms with Crippen LogP contribution in [-0.2, 0) is 20.9 Å². The van der Waals surface area contributed by atoms with Crippen molar-refractivity contribution in [3.05, 3.63) is 71.8 Å². The summed E-state index contributed by atoms with van der Waals surface area (Å²) < 4.78 is 0.997. The van der Waals surface area contributed by atoms with E-state index in [1.807, 2.05) is 67.6 Å². The molecule has 0 radical (unpaired) electrons. The summed E-state index contributed by atoms with van der Waals surface area (Å²) in [5, 5.41) is 0.571. The van der Waals surface area contributed by atoms with E-state index in [0.29, 0.717) is 24.5 Å². The van der Waals surface area contributed by atoms with Crippen LogP contribution in [0, 0.1) is 18.8 Å².